The van der Waals surface area contributed by atoms with Crippen molar-refractivity contribution in [3.05, 3.63) is 70.2 Å². The van der Waals surface area contributed by atoms with Gasteiger partial charge < -0.3 is 10.1 Å². The van der Waals surface area contributed by atoms with Crippen LogP contribution >= 0.6 is 11.6 Å². The van der Waals surface area contributed by atoms with E-state index in [0.717, 1.165) is 18.0 Å². The van der Waals surface area contributed by atoms with Gasteiger partial charge in [-0.25, -0.2) is 0 Å². The Hall–Kier alpha value is -1.35. The summed E-state index contributed by atoms with van der Waals surface area (Å²) < 4.78 is 5.18. The first-order valence-corrected chi connectivity index (χ1v) is 7.66. The maximum atomic E-state index is 6.08. The average molecular weight is 304 g/mol. The van der Waals surface area contributed by atoms with E-state index in [1.165, 1.54) is 16.7 Å². The second-order valence-electron chi connectivity index (χ2n) is 5.15. The minimum Gasteiger partial charge on any atom is -0.380 e. The molecule has 2 aromatic carbocycles. The molecule has 0 fully saturated rings. The van der Waals surface area contributed by atoms with Gasteiger partial charge in [-0.3, -0.25) is 0 Å². The van der Waals surface area contributed by atoms with Crippen LogP contribution < -0.4 is 5.32 Å². The lowest BCUT2D eigenvalue weighted by atomic mass is 10.0. The van der Waals surface area contributed by atoms with Gasteiger partial charge in [0.1, 0.15) is 0 Å². The van der Waals surface area contributed by atoms with Gasteiger partial charge in [0.25, 0.3) is 0 Å². The third-order valence-corrected chi connectivity index (χ3v) is 3.75. The molecular weight excluding hydrogens is 282 g/mol. The van der Waals surface area contributed by atoms with Gasteiger partial charge in [0, 0.05) is 24.7 Å². The molecule has 0 saturated heterocycles. The van der Waals surface area contributed by atoms with Crippen LogP contribution in [-0.2, 0) is 17.9 Å². The number of rotatable bonds is 7. The first-order chi connectivity index (χ1) is 10.2. The van der Waals surface area contributed by atoms with E-state index in [1.54, 1.807) is 7.11 Å². The molecule has 0 aromatic heterocycles. The predicted molar refractivity (Wildman–Crippen MR) is 88.5 cm³/mol. The van der Waals surface area contributed by atoms with Crippen LogP contribution in [0.3, 0.4) is 0 Å². The normalized spacial score (nSPS) is 12.3. The van der Waals surface area contributed by atoms with Crippen LogP contribution in [0.25, 0.3) is 0 Å². The molecule has 0 aliphatic rings. The monoisotopic (exact) mass is 303 g/mol. The summed E-state index contributed by atoms with van der Waals surface area (Å²) in [5.41, 5.74) is 3.70. The smallest absolute Gasteiger partial charge is 0.0713 e. The molecule has 0 aliphatic carbocycles. The van der Waals surface area contributed by atoms with E-state index in [4.69, 9.17) is 16.3 Å². The van der Waals surface area contributed by atoms with Crippen molar-refractivity contribution in [2.75, 3.05) is 7.11 Å². The first kappa shape index (κ1) is 16.0. The van der Waals surface area contributed by atoms with E-state index in [0.29, 0.717) is 12.6 Å². The van der Waals surface area contributed by atoms with Crippen LogP contribution in [0, 0.1) is 0 Å². The molecule has 1 unspecified atom stereocenters. The topological polar surface area (TPSA) is 21.3 Å². The molecule has 21 heavy (non-hydrogen) atoms. The fourth-order valence-electron chi connectivity index (χ4n) is 2.46. The van der Waals surface area contributed by atoms with Crippen molar-refractivity contribution < 1.29 is 4.74 Å². The third kappa shape index (κ3) is 4.85. The molecule has 0 bridgehead atoms. The van der Waals surface area contributed by atoms with Crippen LogP contribution in [0.15, 0.2) is 48.5 Å². The second kappa shape index (κ2) is 8.18. The Kier molecular flexibility index (Phi) is 6.24. The Bertz CT molecular complexity index is 571. The Balaban J connectivity index is 2.01. The molecule has 2 aromatic rings. The van der Waals surface area contributed by atoms with E-state index in [-0.39, 0.29) is 0 Å². The fourth-order valence-corrected chi connectivity index (χ4v) is 2.66. The Labute approximate surface area is 132 Å². The third-order valence-electron chi connectivity index (χ3n) is 3.51. The number of methoxy groups -OCH3 is 1. The van der Waals surface area contributed by atoms with E-state index in [9.17, 15) is 0 Å². The molecule has 1 N–H and O–H groups in total. The van der Waals surface area contributed by atoms with Crippen LogP contribution in [0.4, 0.5) is 0 Å². The highest BCUT2D eigenvalue weighted by Gasteiger charge is 2.09. The van der Waals surface area contributed by atoms with Gasteiger partial charge in [0.2, 0.25) is 0 Å². The van der Waals surface area contributed by atoms with Crippen molar-refractivity contribution in [2.45, 2.75) is 32.5 Å². The summed E-state index contributed by atoms with van der Waals surface area (Å²) in [6, 6.07) is 16.9. The maximum absolute atomic E-state index is 6.08. The van der Waals surface area contributed by atoms with Gasteiger partial charge in [-0.1, -0.05) is 54.9 Å². The number of hydrogen-bond acceptors (Lipinski definition) is 2. The van der Waals surface area contributed by atoms with Gasteiger partial charge in [0.15, 0.2) is 0 Å². The molecule has 2 rings (SSSR count). The van der Waals surface area contributed by atoms with Crippen LogP contribution in [0.1, 0.15) is 36.1 Å². The van der Waals surface area contributed by atoms with Crippen molar-refractivity contribution in [1.82, 2.24) is 5.32 Å². The highest BCUT2D eigenvalue weighted by Crippen LogP contribution is 2.21. The Morgan fingerprint density at radius 3 is 2.57 bits per heavy atom. The van der Waals surface area contributed by atoms with E-state index < -0.39 is 0 Å². The lowest BCUT2D eigenvalue weighted by Gasteiger charge is -2.18. The Morgan fingerprint density at radius 1 is 1.10 bits per heavy atom. The largest absolute Gasteiger partial charge is 0.380 e. The summed E-state index contributed by atoms with van der Waals surface area (Å²) in [6.07, 6.45) is 1.03. The molecular formula is C18H22ClNO. The first-order valence-electron chi connectivity index (χ1n) is 7.28. The molecule has 0 aliphatic heterocycles. The summed E-state index contributed by atoms with van der Waals surface area (Å²) in [7, 11) is 1.72. The van der Waals surface area contributed by atoms with E-state index >= 15 is 0 Å². The maximum Gasteiger partial charge on any atom is 0.0713 e. The SMILES string of the molecule is CCC(NCc1cccc(COC)c1)c1cccc(Cl)c1. The number of benzene rings is 2. The van der Waals surface area contributed by atoms with Crippen molar-refractivity contribution in [1.29, 1.82) is 0 Å². The molecule has 1 atom stereocenters. The summed E-state index contributed by atoms with van der Waals surface area (Å²) in [5.74, 6) is 0. The summed E-state index contributed by atoms with van der Waals surface area (Å²) >= 11 is 6.08. The van der Waals surface area contributed by atoms with Crippen LogP contribution in [0.2, 0.25) is 5.02 Å². The highest BCUT2D eigenvalue weighted by atomic mass is 35.5. The molecule has 0 radical (unpaired) electrons. The van der Waals surface area contributed by atoms with Crippen molar-refractivity contribution in [2.24, 2.45) is 0 Å². The zero-order chi connectivity index (χ0) is 15.1. The minimum absolute atomic E-state index is 0.315. The number of nitrogens with one attached hydrogen (secondary N) is 1. The molecule has 3 heteroatoms. The number of halogens is 1. The molecule has 0 amide bonds. The van der Waals surface area contributed by atoms with Gasteiger partial charge in [-0.2, -0.15) is 0 Å². The molecule has 0 heterocycles. The van der Waals surface area contributed by atoms with E-state index in [1.807, 2.05) is 18.2 Å². The standard InChI is InChI=1S/C18H22ClNO/c1-3-18(16-8-5-9-17(19)11-16)20-12-14-6-4-7-15(10-14)13-21-2/h4-11,18,20H,3,12-13H2,1-2H3. The van der Waals surface area contributed by atoms with Crippen molar-refractivity contribution in [3.63, 3.8) is 0 Å². The van der Waals surface area contributed by atoms with Gasteiger partial charge >= 0.3 is 0 Å². The predicted octanol–water partition coefficient (Wildman–Crippen LogP) is 4.73. The lowest BCUT2D eigenvalue weighted by molar-refractivity contribution is 0.185. The second-order valence-corrected chi connectivity index (χ2v) is 5.59. The molecule has 0 saturated carbocycles. The number of hydrogen-bond donors (Lipinski definition) is 1. The van der Waals surface area contributed by atoms with E-state index in [2.05, 4.69) is 42.6 Å². The van der Waals surface area contributed by atoms with Gasteiger partial charge in [0.05, 0.1) is 6.61 Å². The molecule has 0 spiro atoms. The summed E-state index contributed by atoms with van der Waals surface area (Å²) in [6.45, 7) is 3.67. The summed E-state index contributed by atoms with van der Waals surface area (Å²) in [5, 5.41) is 4.39. The zero-order valence-electron chi connectivity index (χ0n) is 12.6. The van der Waals surface area contributed by atoms with Crippen molar-refractivity contribution in [3.8, 4) is 0 Å². The molecule has 112 valence electrons. The quantitative estimate of drug-likeness (QED) is 0.798. The van der Waals surface area contributed by atoms with Crippen LogP contribution in [0.5, 0.6) is 0 Å². The minimum atomic E-state index is 0.315. The van der Waals surface area contributed by atoms with Gasteiger partial charge in [-0.15, -0.1) is 0 Å². The highest BCUT2D eigenvalue weighted by molar-refractivity contribution is 6.30. The average Bonchev–Trinajstić information content (AvgIpc) is 2.49. The summed E-state index contributed by atoms with van der Waals surface area (Å²) in [4.78, 5) is 0. The number of ether oxygens (including phenoxy) is 1. The fraction of sp³-hybridized carbons (Fsp3) is 0.333. The van der Waals surface area contributed by atoms with Gasteiger partial charge in [-0.05, 0) is 35.2 Å². The lowest BCUT2D eigenvalue weighted by Crippen LogP contribution is -2.20. The van der Waals surface area contributed by atoms with Crippen molar-refractivity contribution >= 4 is 11.6 Å². The molecule has 2 nitrogen and oxygen atoms in total. The zero-order valence-corrected chi connectivity index (χ0v) is 13.4. The van der Waals surface area contributed by atoms with Crippen LogP contribution in [-0.4, -0.2) is 7.11 Å². The Morgan fingerprint density at radius 2 is 1.86 bits per heavy atom.